The number of hydrogen-bond donors (Lipinski definition) is 0. The van der Waals surface area contributed by atoms with Gasteiger partial charge in [-0.25, -0.2) is 0 Å². The van der Waals surface area contributed by atoms with E-state index in [0.29, 0.717) is 0 Å². The fourth-order valence-corrected chi connectivity index (χ4v) is 19.4. The maximum absolute atomic E-state index is 2.40. The molecule has 0 nitrogen and oxygen atoms in total. The van der Waals surface area contributed by atoms with Crippen LogP contribution in [0.2, 0.25) is 0 Å². The molecular formula is C106H74. The number of benzene rings is 19. The minimum absolute atomic E-state index is 0.189. The lowest BCUT2D eigenvalue weighted by molar-refractivity contribution is 0.792. The summed E-state index contributed by atoms with van der Waals surface area (Å²) in [6.45, 7) is 8.79. The number of rotatable bonds is 2. The van der Waals surface area contributed by atoms with Crippen LogP contribution in [-0.4, -0.2) is 0 Å². The molecule has 106 heavy (non-hydrogen) atoms. The van der Waals surface area contributed by atoms with Crippen LogP contribution in [0.1, 0.15) is 66.8 Å². The molecule has 0 N–H and O–H groups in total. The molecule has 0 heterocycles. The molecule has 0 fully saturated rings. The van der Waals surface area contributed by atoms with Crippen LogP contribution in [0.25, 0.3) is 142 Å². The minimum Gasteiger partial charge on any atom is -0.0622 e. The Morgan fingerprint density at radius 1 is 0.160 bits per heavy atom. The molecule has 4 aliphatic carbocycles. The quantitative estimate of drug-likeness (QED) is 0.120. The molecule has 0 aromatic heterocycles. The van der Waals surface area contributed by atoms with Crippen LogP contribution in [-0.2, 0) is 10.8 Å². The van der Waals surface area contributed by atoms with E-state index in [2.05, 4.69) is 404 Å². The Kier molecular flexibility index (Phi) is 14.7. The van der Waals surface area contributed by atoms with Crippen molar-refractivity contribution in [2.45, 2.75) is 38.5 Å². The first-order valence-electron chi connectivity index (χ1n) is 37.3. The zero-order valence-corrected chi connectivity index (χ0v) is 59.8. The van der Waals surface area contributed by atoms with Crippen molar-refractivity contribution in [1.82, 2.24) is 0 Å². The van der Waals surface area contributed by atoms with Gasteiger partial charge >= 0.3 is 0 Å². The Hall–Kier alpha value is -13.0. The molecule has 0 unspecified atom stereocenters. The zero-order valence-electron chi connectivity index (χ0n) is 59.8. The molecule has 23 rings (SSSR count). The van der Waals surface area contributed by atoms with E-state index in [9.17, 15) is 0 Å². The largest absolute Gasteiger partial charge is 0.0725 e. The van der Waals surface area contributed by atoms with Crippen molar-refractivity contribution in [2.24, 2.45) is 0 Å². The second kappa shape index (κ2) is 24.9. The molecular weight excluding hydrogens is 1270 g/mol. The third kappa shape index (κ3) is 9.27. The lowest BCUT2D eigenvalue weighted by atomic mass is 9.70. The van der Waals surface area contributed by atoms with Gasteiger partial charge in [-0.2, -0.15) is 0 Å². The van der Waals surface area contributed by atoms with Crippen molar-refractivity contribution in [3.05, 3.63) is 443 Å². The van der Waals surface area contributed by atoms with E-state index in [0.717, 1.165) is 0 Å². The third-order valence-electron chi connectivity index (χ3n) is 23.6. The van der Waals surface area contributed by atoms with E-state index < -0.39 is 0 Å². The second-order valence-electron chi connectivity index (χ2n) is 29.3. The van der Waals surface area contributed by atoms with Crippen LogP contribution < -0.4 is 0 Å². The van der Waals surface area contributed by atoms with E-state index >= 15 is 0 Å². The third-order valence-corrected chi connectivity index (χ3v) is 23.6. The summed E-state index contributed by atoms with van der Waals surface area (Å²) in [6.07, 6.45) is 0. The summed E-state index contributed by atoms with van der Waals surface area (Å²) < 4.78 is 0. The Bertz CT molecular complexity index is 6600. The summed E-state index contributed by atoms with van der Waals surface area (Å²) in [5.74, 6) is 0. The number of hydrogen-bond acceptors (Lipinski definition) is 0. The normalized spacial score (nSPS) is 13.1. The molecule has 0 saturated carbocycles. The zero-order chi connectivity index (χ0) is 70.8. The Labute approximate surface area is 619 Å². The van der Waals surface area contributed by atoms with Gasteiger partial charge in [0.2, 0.25) is 0 Å². The van der Waals surface area contributed by atoms with E-state index in [1.165, 1.54) is 209 Å². The Morgan fingerprint density at radius 2 is 0.443 bits per heavy atom. The summed E-state index contributed by atoms with van der Waals surface area (Å²) in [6, 6.07) is 138. The van der Waals surface area contributed by atoms with Crippen molar-refractivity contribution < 1.29 is 0 Å². The van der Waals surface area contributed by atoms with Crippen LogP contribution in [0, 0.1) is 27.7 Å². The molecule has 19 aromatic rings. The first-order valence-corrected chi connectivity index (χ1v) is 37.3. The molecule has 498 valence electrons. The second-order valence-corrected chi connectivity index (χ2v) is 29.3. The highest BCUT2D eigenvalue weighted by Crippen LogP contribution is 2.65. The average Bonchev–Trinajstić information content (AvgIpc) is 1.50. The van der Waals surface area contributed by atoms with Crippen LogP contribution in [0.3, 0.4) is 0 Å². The predicted molar refractivity (Wildman–Crippen MR) is 451 cm³/mol. The summed E-state index contributed by atoms with van der Waals surface area (Å²) in [4.78, 5) is 0. The van der Waals surface area contributed by atoms with Crippen LogP contribution in [0.4, 0.5) is 0 Å². The van der Waals surface area contributed by atoms with Gasteiger partial charge in [0, 0.05) is 0 Å². The molecule has 4 aliphatic rings. The summed E-state index contributed by atoms with van der Waals surface area (Å²) in [7, 11) is 0. The van der Waals surface area contributed by atoms with Gasteiger partial charge in [0.1, 0.15) is 0 Å². The molecule has 0 bridgehead atoms. The van der Waals surface area contributed by atoms with Crippen molar-refractivity contribution in [2.75, 3.05) is 0 Å². The lowest BCUT2D eigenvalue weighted by Gasteiger charge is -2.30. The summed E-state index contributed by atoms with van der Waals surface area (Å²) in [5, 5.41) is 18.7. The van der Waals surface area contributed by atoms with E-state index in [-0.39, 0.29) is 10.8 Å². The Morgan fingerprint density at radius 3 is 0.896 bits per heavy atom. The van der Waals surface area contributed by atoms with E-state index in [1.807, 2.05) is 0 Å². The predicted octanol–water partition coefficient (Wildman–Crippen LogP) is 28.1. The molecule has 19 aromatic carbocycles. The molecule has 0 amide bonds. The van der Waals surface area contributed by atoms with Gasteiger partial charge in [0.05, 0.1) is 10.8 Å². The Balaban J connectivity index is 0.0000000936. The average molecular weight is 1350 g/mol. The van der Waals surface area contributed by atoms with Gasteiger partial charge in [-0.15, -0.1) is 0 Å². The maximum atomic E-state index is 2.40. The lowest BCUT2D eigenvalue weighted by Crippen LogP contribution is -2.25. The SMILES string of the molecule is Cc1ccc2c(-c3ccccc3)c3ccccc3c(-c3ccccc3)c2c1.Cc1ccc2c(c1)C1(c3ccccc3-c3ccccc31)c1ccccc1-2.Cc1ccc2c(c1)c1ccccc1c1c3ccccc3c3ccccc3c21.Cc1cccc2c1-c1ccccc1C21c2ccccc2-c2ccccc21. The van der Waals surface area contributed by atoms with Gasteiger partial charge in [-0.05, 0) is 220 Å². The smallest absolute Gasteiger partial charge is 0.0622 e. The highest BCUT2D eigenvalue weighted by Gasteiger charge is 2.53. The summed E-state index contributed by atoms with van der Waals surface area (Å²) in [5.41, 5.74) is 32.4. The van der Waals surface area contributed by atoms with Gasteiger partial charge in [-0.3, -0.25) is 0 Å². The topological polar surface area (TPSA) is 0 Å². The molecule has 0 aliphatic heterocycles. The first-order chi connectivity index (χ1) is 52.3. The molecule has 0 heteroatoms. The highest BCUT2D eigenvalue weighted by molar-refractivity contribution is 6.39. The van der Waals surface area contributed by atoms with Crippen LogP contribution >= 0.6 is 0 Å². The van der Waals surface area contributed by atoms with Crippen molar-refractivity contribution in [3.8, 4) is 66.8 Å². The highest BCUT2D eigenvalue weighted by atomic mass is 14.5. The molecule has 0 saturated heterocycles. The van der Waals surface area contributed by atoms with Gasteiger partial charge in [-0.1, -0.05) is 393 Å². The molecule has 2 spiro atoms. The number of fused-ring (bicyclic) bond motifs is 33. The van der Waals surface area contributed by atoms with E-state index in [4.69, 9.17) is 0 Å². The van der Waals surface area contributed by atoms with Crippen molar-refractivity contribution >= 4 is 75.4 Å². The standard InChI is InChI=1S/C27H18.C27H20.2C26H18/c1-17-14-15-24-25(16-17)20-10-4-7-13-23(20)26-21-11-5-2-8-18(21)19-9-3-6-12-22(19)27(24)26;1-19-16-17-24-25(18-19)27(21-12-6-3-7-13-21)23-15-9-8-14-22(23)26(24)20-10-4-2-5-11-20;1-17-9-8-16-24-25(17)20-12-4-7-15-23(20)26(24)21-13-5-2-10-18(21)19-11-3-6-14-22(19)26;1-17-14-15-21-20-10-4-7-13-24(20)26(25(21)16-17)22-11-5-2-8-18(22)19-9-3-6-12-23(19)26/h2-16H,1H3;2-18H,1H3;2*2-16H,1H3. The summed E-state index contributed by atoms with van der Waals surface area (Å²) >= 11 is 0. The monoisotopic (exact) mass is 1350 g/mol. The van der Waals surface area contributed by atoms with Gasteiger partial charge in [0.15, 0.2) is 0 Å². The fourth-order valence-electron chi connectivity index (χ4n) is 19.4. The van der Waals surface area contributed by atoms with Gasteiger partial charge < -0.3 is 0 Å². The van der Waals surface area contributed by atoms with Crippen molar-refractivity contribution in [1.29, 1.82) is 0 Å². The first kappa shape index (κ1) is 62.8. The van der Waals surface area contributed by atoms with Gasteiger partial charge in [0.25, 0.3) is 0 Å². The maximum Gasteiger partial charge on any atom is 0.0725 e. The van der Waals surface area contributed by atoms with Crippen LogP contribution in [0.15, 0.2) is 376 Å². The van der Waals surface area contributed by atoms with Crippen LogP contribution in [0.5, 0.6) is 0 Å². The fraction of sp³-hybridized carbons (Fsp3) is 0.0566. The minimum atomic E-state index is -0.189. The van der Waals surface area contributed by atoms with E-state index in [1.54, 1.807) is 0 Å². The van der Waals surface area contributed by atoms with Crippen molar-refractivity contribution in [3.63, 3.8) is 0 Å². The molecule has 0 radical (unpaired) electrons. The number of aryl methyl sites for hydroxylation is 4. The molecule has 0 atom stereocenters.